The van der Waals surface area contributed by atoms with E-state index in [-0.39, 0.29) is 24.1 Å². The summed E-state index contributed by atoms with van der Waals surface area (Å²) in [5.41, 5.74) is -0.0236. The predicted octanol–water partition coefficient (Wildman–Crippen LogP) is 2.37. The highest BCUT2D eigenvalue weighted by Gasteiger charge is 2.27. The van der Waals surface area contributed by atoms with Gasteiger partial charge in [-0.3, -0.25) is 0 Å². The molecule has 2 N–H and O–H groups in total. The smallest absolute Gasteiger partial charge is 0.317 e. The van der Waals surface area contributed by atoms with Crippen LogP contribution >= 0.6 is 0 Å². The summed E-state index contributed by atoms with van der Waals surface area (Å²) >= 11 is 0. The van der Waals surface area contributed by atoms with Gasteiger partial charge in [0.1, 0.15) is 0 Å². The summed E-state index contributed by atoms with van der Waals surface area (Å²) in [5, 5.41) is 12.2. The van der Waals surface area contributed by atoms with E-state index in [0.29, 0.717) is 6.42 Å². The highest BCUT2D eigenvalue weighted by molar-refractivity contribution is 5.74. The van der Waals surface area contributed by atoms with Crippen molar-refractivity contribution >= 4 is 6.03 Å². The summed E-state index contributed by atoms with van der Waals surface area (Å²) in [5.74, 6) is 0. The van der Waals surface area contributed by atoms with Gasteiger partial charge in [0.05, 0.1) is 0 Å². The minimum absolute atomic E-state index is 0.0236. The molecule has 2 amide bonds. The predicted molar refractivity (Wildman–Crippen MR) is 73.5 cm³/mol. The number of rotatable bonds is 3. The number of amides is 2. The van der Waals surface area contributed by atoms with E-state index < -0.39 is 0 Å². The van der Waals surface area contributed by atoms with Gasteiger partial charge in [-0.05, 0) is 24.7 Å². The molecule has 0 aliphatic carbocycles. The molecule has 4 heteroatoms. The van der Waals surface area contributed by atoms with Gasteiger partial charge in [0.2, 0.25) is 0 Å². The lowest BCUT2D eigenvalue weighted by Crippen LogP contribution is -2.50. The molecule has 1 rings (SSSR count). The summed E-state index contributed by atoms with van der Waals surface area (Å²) in [7, 11) is 0. The van der Waals surface area contributed by atoms with Crippen LogP contribution in [0.1, 0.15) is 52.9 Å². The Bertz CT molecular complexity index is 253. The molecule has 1 aliphatic rings. The van der Waals surface area contributed by atoms with E-state index in [9.17, 15) is 4.79 Å². The molecular formula is C14H28N2O2. The molecule has 18 heavy (non-hydrogen) atoms. The van der Waals surface area contributed by atoms with E-state index >= 15 is 0 Å². The van der Waals surface area contributed by atoms with Crippen molar-refractivity contribution in [2.24, 2.45) is 5.41 Å². The number of carbonyl (C=O) groups is 1. The molecule has 0 aromatic heterocycles. The van der Waals surface area contributed by atoms with Gasteiger partial charge in [-0.25, -0.2) is 4.79 Å². The van der Waals surface area contributed by atoms with Crippen LogP contribution in [-0.4, -0.2) is 41.8 Å². The normalized spacial score (nSPS) is 19.2. The second-order valence-corrected chi connectivity index (χ2v) is 6.28. The Hall–Kier alpha value is -0.770. The number of aliphatic hydroxyl groups excluding tert-OH is 1. The van der Waals surface area contributed by atoms with Gasteiger partial charge in [0, 0.05) is 25.7 Å². The molecule has 1 heterocycles. The van der Waals surface area contributed by atoms with Gasteiger partial charge >= 0.3 is 6.03 Å². The molecular weight excluding hydrogens is 228 g/mol. The van der Waals surface area contributed by atoms with Gasteiger partial charge in [0.15, 0.2) is 0 Å². The highest BCUT2D eigenvalue weighted by atomic mass is 16.3. The van der Waals surface area contributed by atoms with Crippen LogP contribution in [0, 0.1) is 5.41 Å². The quantitative estimate of drug-likeness (QED) is 0.814. The van der Waals surface area contributed by atoms with Gasteiger partial charge < -0.3 is 15.3 Å². The Morgan fingerprint density at radius 3 is 2.22 bits per heavy atom. The molecule has 1 unspecified atom stereocenters. The highest BCUT2D eigenvalue weighted by Crippen LogP contribution is 2.22. The number of carbonyl (C=O) groups excluding carboxylic acids is 1. The maximum Gasteiger partial charge on any atom is 0.317 e. The maximum atomic E-state index is 12.2. The molecule has 1 atom stereocenters. The van der Waals surface area contributed by atoms with Gasteiger partial charge in [-0.1, -0.05) is 33.6 Å². The fourth-order valence-electron chi connectivity index (χ4n) is 2.36. The average molecular weight is 256 g/mol. The zero-order chi connectivity index (χ0) is 13.6. The minimum atomic E-state index is -0.0236. The molecule has 1 fully saturated rings. The number of nitrogens with one attached hydrogen (secondary N) is 1. The second-order valence-electron chi connectivity index (χ2n) is 6.28. The molecule has 1 saturated heterocycles. The van der Waals surface area contributed by atoms with Crippen molar-refractivity contribution in [2.45, 2.75) is 58.9 Å². The third kappa shape index (κ3) is 4.84. The number of urea groups is 1. The van der Waals surface area contributed by atoms with Crippen molar-refractivity contribution in [3.8, 4) is 0 Å². The number of likely N-dealkylation sites (tertiary alicyclic amines) is 1. The van der Waals surface area contributed by atoms with Crippen LogP contribution in [0.15, 0.2) is 0 Å². The monoisotopic (exact) mass is 256 g/mol. The third-order valence-corrected chi connectivity index (χ3v) is 3.65. The zero-order valence-corrected chi connectivity index (χ0v) is 12.0. The first-order chi connectivity index (χ1) is 8.45. The molecule has 0 spiro atoms. The van der Waals surface area contributed by atoms with Crippen molar-refractivity contribution in [1.82, 2.24) is 10.2 Å². The molecule has 0 radical (unpaired) electrons. The first kappa shape index (κ1) is 15.3. The Kier molecular flexibility index (Phi) is 5.93. The van der Waals surface area contributed by atoms with Gasteiger partial charge in [0.25, 0.3) is 0 Å². The molecule has 0 bridgehead atoms. The van der Waals surface area contributed by atoms with Crippen molar-refractivity contribution < 1.29 is 9.90 Å². The van der Waals surface area contributed by atoms with Crippen molar-refractivity contribution in [2.75, 3.05) is 19.7 Å². The largest absolute Gasteiger partial charge is 0.396 e. The second kappa shape index (κ2) is 6.98. The summed E-state index contributed by atoms with van der Waals surface area (Å²) in [6, 6.07) is 0.0588. The molecule has 0 saturated carbocycles. The minimum Gasteiger partial charge on any atom is -0.396 e. The van der Waals surface area contributed by atoms with E-state index in [1.54, 1.807) is 0 Å². The van der Waals surface area contributed by atoms with E-state index in [1.807, 2.05) is 4.90 Å². The number of hydrogen-bond donors (Lipinski definition) is 2. The van der Waals surface area contributed by atoms with E-state index in [2.05, 4.69) is 26.1 Å². The molecule has 1 aliphatic heterocycles. The zero-order valence-electron chi connectivity index (χ0n) is 12.0. The van der Waals surface area contributed by atoms with Crippen LogP contribution in [0.4, 0.5) is 4.79 Å². The first-order valence-electron chi connectivity index (χ1n) is 7.11. The Labute approximate surface area is 111 Å². The summed E-state index contributed by atoms with van der Waals surface area (Å²) in [6.45, 7) is 8.12. The lowest BCUT2D eigenvalue weighted by atomic mass is 9.85. The molecule has 4 nitrogen and oxygen atoms in total. The lowest BCUT2D eigenvalue weighted by molar-refractivity contribution is 0.166. The maximum absolute atomic E-state index is 12.2. The average Bonchev–Trinajstić information content (AvgIpc) is 2.55. The molecule has 106 valence electrons. The Morgan fingerprint density at radius 1 is 1.22 bits per heavy atom. The van der Waals surface area contributed by atoms with Crippen molar-refractivity contribution in [3.05, 3.63) is 0 Å². The van der Waals surface area contributed by atoms with Crippen molar-refractivity contribution in [1.29, 1.82) is 0 Å². The van der Waals surface area contributed by atoms with E-state index in [1.165, 1.54) is 12.8 Å². The van der Waals surface area contributed by atoms with Crippen LogP contribution in [0.2, 0.25) is 0 Å². The summed E-state index contributed by atoms with van der Waals surface area (Å²) < 4.78 is 0. The van der Waals surface area contributed by atoms with E-state index in [0.717, 1.165) is 25.9 Å². The van der Waals surface area contributed by atoms with Crippen LogP contribution in [-0.2, 0) is 0 Å². The van der Waals surface area contributed by atoms with Crippen LogP contribution in [0.3, 0.4) is 0 Å². The standard InChI is InChI=1S/C14H28N2O2/c1-14(2,3)12(8-11-17)15-13(18)16-9-6-4-5-7-10-16/h12,17H,4-11H2,1-3H3,(H,15,18). The number of hydrogen-bond acceptors (Lipinski definition) is 2. The van der Waals surface area contributed by atoms with Crippen molar-refractivity contribution in [3.63, 3.8) is 0 Å². The fourth-order valence-corrected chi connectivity index (χ4v) is 2.36. The van der Waals surface area contributed by atoms with Gasteiger partial charge in [-0.2, -0.15) is 0 Å². The Morgan fingerprint density at radius 2 is 1.78 bits per heavy atom. The summed E-state index contributed by atoms with van der Waals surface area (Å²) in [6.07, 6.45) is 5.27. The molecule has 0 aromatic carbocycles. The molecule has 0 aromatic rings. The van der Waals surface area contributed by atoms with Crippen LogP contribution in [0.25, 0.3) is 0 Å². The van der Waals surface area contributed by atoms with Crippen LogP contribution < -0.4 is 5.32 Å². The van der Waals surface area contributed by atoms with Gasteiger partial charge in [-0.15, -0.1) is 0 Å². The topological polar surface area (TPSA) is 52.6 Å². The van der Waals surface area contributed by atoms with E-state index in [4.69, 9.17) is 5.11 Å². The number of aliphatic hydroxyl groups is 1. The third-order valence-electron chi connectivity index (χ3n) is 3.65. The summed E-state index contributed by atoms with van der Waals surface area (Å²) in [4.78, 5) is 14.1. The lowest BCUT2D eigenvalue weighted by Gasteiger charge is -2.33. The fraction of sp³-hybridized carbons (Fsp3) is 0.929. The number of nitrogens with zero attached hydrogens (tertiary/aromatic N) is 1. The first-order valence-corrected chi connectivity index (χ1v) is 7.11. The van der Waals surface area contributed by atoms with Crippen LogP contribution in [0.5, 0.6) is 0 Å². The SMILES string of the molecule is CC(C)(C)C(CCO)NC(=O)N1CCCCCC1. The Balaban J connectivity index is 2.54.